The van der Waals surface area contributed by atoms with Gasteiger partial charge in [0, 0.05) is 11.8 Å². The number of nitrogens with one attached hydrogen (secondary N) is 1. The minimum Gasteiger partial charge on any atom is -0.306 e. The molecule has 23 heavy (non-hydrogen) atoms. The third kappa shape index (κ3) is 3.27. The SMILES string of the molecule is Cc1cccnc1NC(=O)c1sc(-c2ccc(F)cc2)nc1C. The van der Waals surface area contributed by atoms with Crippen LogP contribution in [0.3, 0.4) is 0 Å². The molecule has 3 rings (SSSR count). The smallest absolute Gasteiger partial charge is 0.268 e. The molecule has 0 unspecified atom stereocenters. The summed E-state index contributed by atoms with van der Waals surface area (Å²) in [6.07, 6.45) is 1.63. The molecule has 0 aliphatic heterocycles. The van der Waals surface area contributed by atoms with E-state index in [1.807, 2.05) is 19.1 Å². The van der Waals surface area contributed by atoms with Gasteiger partial charge in [-0.05, 0) is 49.7 Å². The summed E-state index contributed by atoms with van der Waals surface area (Å²) in [5, 5.41) is 3.49. The number of anilines is 1. The van der Waals surface area contributed by atoms with Crippen LogP contribution in [0, 0.1) is 19.7 Å². The van der Waals surface area contributed by atoms with Crippen LogP contribution in [-0.2, 0) is 0 Å². The van der Waals surface area contributed by atoms with Crippen molar-refractivity contribution in [2.45, 2.75) is 13.8 Å². The van der Waals surface area contributed by atoms with Crippen LogP contribution in [0.4, 0.5) is 10.2 Å². The highest BCUT2D eigenvalue weighted by Crippen LogP contribution is 2.28. The summed E-state index contributed by atoms with van der Waals surface area (Å²) in [4.78, 5) is 21.5. The van der Waals surface area contributed by atoms with Gasteiger partial charge in [0.2, 0.25) is 0 Å². The Morgan fingerprint density at radius 1 is 1.17 bits per heavy atom. The number of pyridine rings is 1. The maximum atomic E-state index is 13.0. The molecular weight excluding hydrogens is 313 g/mol. The molecule has 3 aromatic rings. The molecule has 0 bridgehead atoms. The van der Waals surface area contributed by atoms with Crippen molar-refractivity contribution >= 4 is 23.1 Å². The summed E-state index contributed by atoms with van der Waals surface area (Å²) in [7, 11) is 0. The average Bonchev–Trinajstić information content (AvgIpc) is 2.92. The number of amides is 1. The summed E-state index contributed by atoms with van der Waals surface area (Å²) in [6.45, 7) is 3.66. The predicted octanol–water partition coefficient (Wildman–Crippen LogP) is 4.21. The fourth-order valence-corrected chi connectivity index (χ4v) is 3.07. The quantitative estimate of drug-likeness (QED) is 0.784. The first kappa shape index (κ1) is 15.3. The number of benzene rings is 1. The van der Waals surface area contributed by atoms with Gasteiger partial charge in [-0.2, -0.15) is 0 Å². The van der Waals surface area contributed by atoms with E-state index in [0.29, 0.717) is 21.4 Å². The predicted molar refractivity (Wildman–Crippen MR) is 89.2 cm³/mol. The van der Waals surface area contributed by atoms with Crippen LogP contribution in [0.5, 0.6) is 0 Å². The maximum absolute atomic E-state index is 13.0. The Balaban J connectivity index is 1.87. The van der Waals surface area contributed by atoms with Gasteiger partial charge in [-0.25, -0.2) is 14.4 Å². The van der Waals surface area contributed by atoms with Crippen molar-refractivity contribution < 1.29 is 9.18 Å². The lowest BCUT2D eigenvalue weighted by Crippen LogP contribution is -2.13. The molecule has 2 aromatic heterocycles. The van der Waals surface area contributed by atoms with E-state index in [2.05, 4.69) is 15.3 Å². The first-order valence-electron chi connectivity index (χ1n) is 7.01. The monoisotopic (exact) mass is 327 g/mol. The highest BCUT2D eigenvalue weighted by Gasteiger charge is 2.17. The highest BCUT2D eigenvalue weighted by molar-refractivity contribution is 7.17. The standard InChI is InChI=1S/C17H14FN3OS/c1-10-4-3-9-19-15(10)21-16(22)14-11(2)20-17(23-14)12-5-7-13(18)8-6-12/h3-9H,1-2H3,(H,19,21,22). The molecule has 0 saturated heterocycles. The Kier molecular flexibility index (Phi) is 4.16. The first-order valence-corrected chi connectivity index (χ1v) is 7.82. The lowest BCUT2D eigenvalue weighted by atomic mass is 10.2. The van der Waals surface area contributed by atoms with Gasteiger partial charge >= 0.3 is 0 Å². The zero-order chi connectivity index (χ0) is 16.4. The molecule has 0 atom stereocenters. The fourth-order valence-electron chi connectivity index (χ4n) is 2.10. The van der Waals surface area contributed by atoms with Crippen molar-refractivity contribution in [3.8, 4) is 10.6 Å². The third-order valence-corrected chi connectivity index (χ3v) is 4.54. The lowest BCUT2D eigenvalue weighted by Gasteiger charge is -2.05. The highest BCUT2D eigenvalue weighted by atomic mass is 32.1. The van der Waals surface area contributed by atoms with Gasteiger partial charge in [-0.15, -0.1) is 11.3 Å². The van der Waals surface area contributed by atoms with Crippen molar-refractivity contribution in [1.82, 2.24) is 9.97 Å². The molecule has 0 aliphatic carbocycles. The summed E-state index contributed by atoms with van der Waals surface area (Å²) < 4.78 is 13.0. The van der Waals surface area contributed by atoms with E-state index in [0.717, 1.165) is 11.1 Å². The molecule has 1 aromatic carbocycles. The van der Waals surface area contributed by atoms with Crippen molar-refractivity contribution in [1.29, 1.82) is 0 Å². The van der Waals surface area contributed by atoms with Gasteiger partial charge in [0.25, 0.3) is 5.91 Å². The Hall–Kier alpha value is -2.60. The molecule has 0 radical (unpaired) electrons. The molecular formula is C17H14FN3OS. The van der Waals surface area contributed by atoms with Crippen LogP contribution in [0.2, 0.25) is 0 Å². The number of nitrogens with zero attached hydrogens (tertiary/aromatic N) is 2. The number of carbonyl (C=O) groups is 1. The summed E-state index contributed by atoms with van der Waals surface area (Å²) in [6, 6.07) is 9.75. The topological polar surface area (TPSA) is 54.9 Å². The van der Waals surface area contributed by atoms with E-state index in [1.54, 1.807) is 25.3 Å². The second-order valence-electron chi connectivity index (χ2n) is 5.06. The summed E-state index contributed by atoms with van der Waals surface area (Å²) in [5.41, 5.74) is 2.31. The maximum Gasteiger partial charge on any atom is 0.268 e. The van der Waals surface area contributed by atoms with Crippen molar-refractivity contribution in [2.75, 3.05) is 5.32 Å². The largest absolute Gasteiger partial charge is 0.306 e. The summed E-state index contributed by atoms with van der Waals surface area (Å²) in [5.74, 6) is -0.00517. The number of hydrogen-bond acceptors (Lipinski definition) is 4. The third-order valence-electron chi connectivity index (χ3n) is 3.34. The van der Waals surface area contributed by atoms with E-state index >= 15 is 0 Å². The lowest BCUT2D eigenvalue weighted by molar-refractivity contribution is 0.102. The second kappa shape index (κ2) is 6.26. The minimum absolute atomic E-state index is 0.241. The number of thiazole rings is 1. The Morgan fingerprint density at radius 3 is 2.61 bits per heavy atom. The van der Waals surface area contributed by atoms with Crippen LogP contribution < -0.4 is 5.32 Å². The minimum atomic E-state index is -0.300. The zero-order valence-corrected chi connectivity index (χ0v) is 13.4. The zero-order valence-electron chi connectivity index (χ0n) is 12.6. The molecule has 0 spiro atoms. The molecule has 0 fully saturated rings. The van der Waals surface area contributed by atoms with E-state index in [4.69, 9.17) is 0 Å². The second-order valence-corrected chi connectivity index (χ2v) is 6.06. The Morgan fingerprint density at radius 2 is 1.91 bits per heavy atom. The van der Waals surface area contributed by atoms with Crippen LogP contribution in [-0.4, -0.2) is 15.9 Å². The van der Waals surface area contributed by atoms with Gasteiger partial charge in [0.05, 0.1) is 5.69 Å². The molecule has 1 N–H and O–H groups in total. The van der Waals surface area contributed by atoms with E-state index in [9.17, 15) is 9.18 Å². The number of halogens is 1. The van der Waals surface area contributed by atoms with Gasteiger partial charge in [0.15, 0.2) is 0 Å². The van der Waals surface area contributed by atoms with Crippen molar-refractivity contribution in [2.24, 2.45) is 0 Å². The number of rotatable bonds is 3. The van der Waals surface area contributed by atoms with Gasteiger partial charge in [-0.3, -0.25) is 4.79 Å². The van der Waals surface area contributed by atoms with Crippen LogP contribution >= 0.6 is 11.3 Å². The Bertz CT molecular complexity index is 859. The van der Waals surface area contributed by atoms with Crippen LogP contribution in [0.15, 0.2) is 42.6 Å². The van der Waals surface area contributed by atoms with Gasteiger partial charge in [0.1, 0.15) is 21.5 Å². The van der Waals surface area contributed by atoms with Crippen molar-refractivity contribution in [3.63, 3.8) is 0 Å². The normalized spacial score (nSPS) is 10.6. The van der Waals surface area contributed by atoms with Crippen LogP contribution in [0.1, 0.15) is 20.9 Å². The van der Waals surface area contributed by atoms with Crippen molar-refractivity contribution in [3.05, 3.63) is 64.5 Å². The molecule has 2 heterocycles. The fraction of sp³-hybridized carbons (Fsp3) is 0.118. The molecule has 0 aliphatic rings. The van der Waals surface area contributed by atoms with E-state index in [-0.39, 0.29) is 11.7 Å². The Labute approximate surface area is 137 Å². The molecule has 4 nitrogen and oxygen atoms in total. The van der Waals surface area contributed by atoms with E-state index in [1.165, 1.54) is 23.5 Å². The van der Waals surface area contributed by atoms with Crippen LogP contribution in [0.25, 0.3) is 10.6 Å². The first-order chi connectivity index (χ1) is 11.0. The van der Waals surface area contributed by atoms with Gasteiger partial charge in [-0.1, -0.05) is 6.07 Å². The molecule has 116 valence electrons. The molecule has 0 saturated carbocycles. The number of aromatic nitrogens is 2. The number of carbonyl (C=O) groups excluding carboxylic acids is 1. The average molecular weight is 327 g/mol. The summed E-state index contributed by atoms with van der Waals surface area (Å²) >= 11 is 1.28. The van der Waals surface area contributed by atoms with E-state index < -0.39 is 0 Å². The number of hydrogen-bond donors (Lipinski definition) is 1. The molecule has 1 amide bonds. The number of aryl methyl sites for hydroxylation is 2. The van der Waals surface area contributed by atoms with Gasteiger partial charge < -0.3 is 5.32 Å². The molecule has 6 heteroatoms.